The molecule has 0 bridgehead atoms. The smallest absolute Gasteiger partial charge is 0.308 e. The molecule has 0 rings (SSSR count). The number of aliphatic hydroxyl groups is 1. The summed E-state index contributed by atoms with van der Waals surface area (Å²) >= 11 is 0. The van der Waals surface area contributed by atoms with E-state index in [1.54, 1.807) is 0 Å². The zero-order valence-electron chi connectivity index (χ0n) is 16.1. The van der Waals surface area contributed by atoms with E-state index in [0.717, 1.165) is 0 Å². The molecule has 2 atom stereocenters. The average Bonchev–Trinajstić information content (AvgIpc) is 2.36. The fraction of sp³-hybridized carbons (Fsp3) is 0.875. The van der Waals surface area contributed by atoms with Crippen LogP contribution < -0.4 is 0 Å². The lowest BCUT2D eigenvalue weighted by atomic mass is 10.2. The molecule has 0 fully saturated rings. The summed E-state index contributed by atoms with van der Waals surface area (Å²) in [5.74, 6) is -0.582. The van der Waals surface area contributed by atoms with E-state index in [4.69, 9.17) is 9.53 Å². The summed E-state index contributed by atoms with van der Waals surface area (Å²) in [6.45, 7) is 14.4. The molecule has 1 N–H and O–H groups in total. The highest BCUT2D eigenvalue weighted by Gasteiger charge is 2.38. The molecule has 0 aromatic carbocycles. The minimum Gasteiger partial charge on any atom is -0.469 e. The molecule has 0 aliphatic carbocycles. The lowest BCUT2D eigenvalue weighted by Crippen LogP contribution is -2.43. The maximum Gasteiger partial charge on any atom is 0.308 e. The van der Waals surface area contributed by atoms with Gasteiger partial charge < -0.3 is 19.0 Å². The van der Waals surface area contributed by atoms with Crippen LogP contribution in [0.15, 0.2) is 0 Å². The van der Waals surface area contributed by atoms with Gasteiger partial charge in [-0.1, -0.05) is 20.8 Å². The predicted octanol–water partition coefficient (Wildman–Crippen LogP) is 2.89. The first-order chi connectivity index (χ1) is 10.3. The Kier molecular flexibility index (Phi) is 11.4. The second-order valence-electron chi connectivity index (χ2n) is 7.10. The normalized spacial score (nSPS) is 14.2. The van der Waals surface area contributed by atoms with Crippen LogP contribution in [0.2, 0.25) is 18.1 Å². The van der Waals surface area contributed by atoms with Crippen molar-refractivity contribution < 1.29 is 28.6 Å². The molecular weight excluding hydrogens is 316 g/mol. The molecule has 0 aliphatic rings. The van der Waals surface area contributed by atoms with E-state index in [9.17, 15) is 9.59 Å². The highest BCUT2D eigenvalue weighted by Crippen LogP contribution is 2.37. The van der Waals surface area contributed by atoms with E-state index in [1.807, 2.05) is 6.92 Å². The fourth-order valence-corrected chi connectivity index (χ4v) is 2.81. The zero-order chi connectivity index (χ0) is 18.8. The Bertz CT molecular complexity index is 360. The van der Waals surface area contributed by atoms with E-state index >= 15 is 0 Å². The van der Waals surface area contributed by atoms with E-state index in [0.29, 0.717) is 6.42 Å². The first kappa shape index (κ1) is 24.3. The van der Waals surface area contributed by atoms with Gasteiger partial charge in [-0.2, -0.15) is 0 Å². The molecule has 6 nitrogen and oxygen atoms in total. The van der Waals surface area contributed by atoms with Gasteiger partial charge in [0.25, 0.3) is 0 Å². The quantitative estimate of drug-likeness (QED) is 0.586. The molecule has 0 amide bonds. The molecule has 0 aliphatic heterocycles. The van der Waals surface area contributed by atoms with Crippen LogP contribution in [-0.4, -0.2) is 51.8 Å². The van der Waals surface area contributed by atoms with Gasteiger partial charge in [-0.3, -0.25) is 9.59 Å². The number of rotatable bonds is 6. The van der Waals surface area contributed by atoms with Gasteiger partial charge in [0.2, 0.25) is 0 Å². The highest BCUT2D eigenvalue weighted by molar-refractivity contribution is 6.74. The average molecular weight is 351 g/mol. The third-order valence-electron chi connectivity index (χ3n) is 3.67. The van der Waals surface area contributed by atoms with Crippen molar-refractivity contribution >= 4 is 20.3 Å². The maximum absolute atomic E-state index is 11.1. The van der Waals surface area contributed by atoms with Crippen molar-refractivity contribution in [1.29, 1.82) is 0 Å². The first-order valence-electron chi connectivity index (χ1n) is 7.76. The van der Waals surface area contributed by atoms with Crippen LogP contribution in [0.5, 0.6) is 0 Å². The van der Waals surface area contributed by atoms with Gasteiger partial charge >= 0.3 is 11.9 Å². The summed E-state index contributed by atoms with van der Waals surface area (Å²) < 4.78 is 14.9. The van der Waals surface area contributed by atoms with Gasteiger partial charge in [0, 0.05) is 0 Å². The van der Waals surface area contributed by atoms with Crippen molar-refractivity contribution in [2.45, 2.75) is 77.8 Å². The Morgan fingerprint density at radius 3 is 1.65 bits per heavy atom. The number of esters is 2. The molecule has 0 aromatic rings. The Hall–Kier alpha value is -0.923. The summed E-state index contributed by atoms with van der Waals surface area (Å²) in [6, 6.07) is 0. The minimum absolute atomic E-state index is 0.0571. The summed E-state index contributed by atoms with van der Waals surface area (Å²) in [4.78, 5) is 21.3. The number of hydrogen-bond donors (Lipinski definition) is 1. The molecule has 0 radical (unpaired) electrons. The minimum atomic E-state index is -1.76. The largest absolute Gasteiger partial charge is 0.469 e. The third-order valence-corrected chi connectivity index (χ3v) is 8.28. The van der Waals surface area contributed by atoms with Crippen molar-refractivity contribution in [2.24, 2.45) is 0 Å². The molecule has 0 saturated heterocycles. The van der Waals surface area contributed by atoms with Gasteiger partial charge in [-0.05, 0) is 32.0 Å². The summed E-state index contributed by atoms with van der Waals surface area (Å²) in [5.41, 5.74) is 0. The standard InChI is InChI=1S/C11H24O3Si.C5H10O3/c1-9(8-10(12)13-5)14-15(6,7)11(2,3)4;1-4(6)3-5(7)8-2/h9H,8H2,1-7H3;4,6H,3H2,1-2H3/t9-;4-/m10/s1. The van der Waals surface area contributed by atoms with Gasteiger partial charge in [0.05, 0.1) is 39.3 Å². The molecule has 0 aromatic heterocycles. The molecular formula is C16H34O6Si. The molecule has 7 heteroatoms. The van der Waals surface area contributed by atoms with Crippen LogP contribution in [0, 0.1) is 0 Å². The molecule has 0 unspecified atom stereocenters. The number of methoxy groups -OCH3 is 2. The Morgan fingerprint density at radius 2 is 1.39 bits per heavy atom. The molecule has 23 heavy (non-hydrogen) atoms. The Morgan fingerprint density at radius 1 is 1.00 bits per heavy atom. The van der Waals surface area contributed by atoms with Crippen molar-refractivity contribution in [3.8, 4) is 0 Å². The molecule has 0 heterocycles. The van der Waals surface area contributed by atoms with Crippen LogP contribution in [0.3, 0.4) is 0 Å². The van der Waals surface area contributed by atoms with E-state index in [2.05, 4.69) is 43.3 Å². The zero-order valence-corrected chi connectivity index (χ0v) is 17.1. The predicted molar refractivity (Wildman–Crippen MR) is 92.7 cm³/mol. The summed E-state index contributed by atoms with van der Waals surface area (Å²) in [5, 5.41) is 8.73. The van der Waals surface area contributed by atoms with Crippen molar-refractivity contribution in [1.82, 2.24) is 0 Å². The van der Waals surface area contributed by atoms with Crippen LogP contribution in [0.25, 0.3) is 0 Å². The lowest BCUT2D eigenvalue weighted by molar-refractivity contribution is -0.143. The van der Waals surface area contributed by atoms with Crippen molar-refractivity contribution in [3.05, 3.63) is 0 Å². The van der Waals surface area contributed by atoms with E-state index < -0.39 is 14.4 Å². The second kappa shape index (κ2) is 10.8. The van der Waals surface area contributed by atoms with Gasteiger partial charge in [-0.15, -0.1) is 0 Å². The van der Waals surface area contributed by atoms with Gasteiger partial charge in [0.1, 0.15) is 0 Å². The van der Waals surface area contributed by atoms with E-state index in [-0.39, 0.29) is 29.5 Å². The van der Waals surface area contributed by atoms with E-state index in [1.165, 1.54) is 21.1 Å². The number of carbonyl (C=O) groups excluding carboxylic acids is 2. The summed E-state index contributed by atoms with van der Waals surface area (Å²) in [6.07, 6.45) is -0.236. The SMILES string of the molecule is COC(=O)C[C@@H](C)O[Si](C)(C)C(C)(C)C.COC(=O)C[C@H](C)O. The Balaban J connectivity index is 0. The highest BCUT2D eigenvalue weighted by atomic mass is 28.4. The topological polar surface area (TPSA) is 82.1 Å². The first-order valence-corrected chi connectivity index (χ1v) is 10.7. The maximum atomic E-state index is 11.1. The number of hydrogen-bond acceptors (Lipinski definition) is 6. The fourth-order valence-electron chi connectivity index (χ4n) is 1.36. The van der Waals surface area contributed by atoms with Crippen molar-refractivity contribution in [3.63, 3.8) is 0 Å². The van der Waals surface area contributed by atoms with Crippen LogP contribution in [-0.2, 0) is 23.5 Å². The van der Waals surface area contributed by atoms with Crippen LogP contribution >= 0.6 is 0 Å². The summed E-state index contributed by atoms with van der Waals surface area (Å²) in [7, 11) is 0.945. The van der Waals surface area contributed by atoms with Crippen molar-refractivity contribution in [2.75, 3.05) is 14.2 Å². The molecule has 138 valence electrons. The number of aliphatic hydroxyl groups excluding tert-OH is 1. The molecule has 0 saturated carbocycles. The third kappa shape index (κ3) is 12.2. The number of carbonyl (C=O) groups is 2. The second-order valence-corrected chi connectivity index (χ2v) is 11.9. The lowest BCUT2D eigenvalue weighted by Gasteiger charge is -2.38. The Labute approximate surface area is 141 Å². The van der Waals surface area contributed by atoms with Gasteiger partial charge in [-0.25, -0.2) is 0 Å². The monoisotopic (exact) mass is 350 g/mol. The number of ether oxygens (including phenoxy) is 2. The van der Waals surface area contributed by atoms with Gasteiger partial charge in [0.15, 0.2) is 8.32 Å². The van der Waals surface area contributed by atoms with Crippen LogP contribution in [0.4, 0.5) is 0 Å². The van der Waals surface area contributed by atoms with Crippen LogP contribution in [0.1, 0.15) is 47.5 Å². The molecule has 0 spiro atoms.